The summed E-state index contributed by atoms with van der Waals surface area (Å²) < 4.78 is 0. The van der Waals surface area contributed by atoms with Gasteiger partial charge >= 0.3 is 0 Å². The molecule has 0 aromatic heterocycles. The van der Waals surface area contributed by atoms with Crippen LogP contribution in [0.15, 0.2) is 0 Å². The second kappa shape index (κ2) is 4.84. The summed E-state index contributed by atoms with van der Waals surface area (Å²) >= 11 is 0. The van der Waals surface area contributed by atoms with E-state index < -0.39 is 0 Å². The SMILES string of the molecule is CCC(CC)CC(NN)C1CC2CC2C1. The van der Waals surface area contributed by atoms with E-state index >= 15 is 0 Å². The van der Waals surface area contributed by atoms with Gasteiger partial charge in [-0.1, -0.05) is 26.7 Å². The first kappa shape index (κ1) is 11.4. The number of rotatable bonds is 6. The molecule has 0 aromatic rings. The van der Waals surface area contributed by atoms with Crippen LogP contribution in [0.1, 0.15) is 52.4 Å². The molecule has 2 nitrogen and oxygen atoms in total. The molecule has 2 aliphatic carbocycles. The lowest BCUT2D eigenvalue weighted by atomic mass is 9.86. The highest BCUT2D eigenvalue weighted by Crippen LogP contribution is 2.55. The normalized spacial score (nSPS) is 35.6. The molecule has 0 aliphatic heterocycles. The van der Waals surface area contributed by atoms with E-state index in [9.17, 15) is 0 Å². The molecule has 0 spiro atoms. The van der Waals surface area contributed by atoms with E-state index in [4.69, 9.17) is 5.84 Å². The van der Waals surface area contributed by atoms with Crippen LogP contribution in [-0.2, 0) is 0 Å². The van der Waals surface area contributed by atoms with Crippen LogP contribution in [0.25, 0.3) is 0 Å². The topological polar surface area (TPSA) is 38.0 Å². The molecule has 3 N–H and O–H groups in total. The number of fused-ring (bicyclic) bond motifs is 1. The van der Waals surface area contributed by atoms with Crippen LogP contribution >= 0.6 is 0 Å². The highest BCUT2D eigenvalue weighted by Gasteiger charge is 2.47. The lowest BCUT2D eigenvalue weighted by Gasteiger charge is -2.27. The minimum absolute atomic E-state index is 0.586. The molecule has 2 aliphatic rings. The molecule has 2 saturated carbocycles. The van der Waals surface area contributed by atoms with Crippen molar-refractivity contribution in [3.63, 3.8) is 0 Å². The second-order valence-electron chi connectivity index (χ2n) is 5.68. The van der Waals surface area contributed by atoms with Gasteiger partial charge in [0.15, 0.2) is 0 Å². The smallest absolute Gasteiger partial charge is 0.0241 e. The predicted molar refractivity (Wildman–Crippen MR) is 64.1 cm³/mol. The Kier molecular flexibility index (Phi) is 3.68. The monoisotopic (exact) mass is 210 g/mol. The van der Waals surface area contributed by atoms with Gasteiger partial charge in [0.05, 0.1) is 0 Å². The molecule has 0 heterocycles. The van der Waals surface area contributed by atoms with Crippen LogP contribution < -0.4 is 11.3 Å². The van der Waals surface area contributed by atoms with Gasteiger partial charge in [-0.3, -0.25) is 11.3 Å². The Hall–Kier alpha value is -0.0800. The molecule has 88 valence electrons. The Morgan fingerprint density at radius 3 is 2.20 bits per heavy atom. The summed E-state index contributed by atoms with van der Waals surface area (Å²) in [6.45, 7) is 4.60. The van der Waals surface area contributed by atoms with Crippen LogP contribution in [-0.4, -0.2) is 6.04 Å². The van der Waals surface area contributed by atoms with Crippen molar-refractivity contribution in [2.24, 2.45) is 29.5 Å². The minimum Gasteiger partial charge on any atom is -0.271 e. The summed E-state index contributed by atoms with van der Waals surface area (Å²) in [7, 11) is 0. The van der Waals surface area contributed by atoms with Crippen molar-refractivity contribution in [1.82, 2.24) is 5.43 Å². The van der Waals surface area contributed by atoms with E-state index in [1.807, 2.05) is 0 Å². The number of hydrogen-bond donors (Lipinski definition) is 2. The third kappa shape index (κ3) is 2.54. The van der Waals surface area contributed by atoms with Gasteiger partial charge < -0.3 is 0 Å². The zero-order valence-electron chi connectivity index (χ0n) is 10.2. The molecule has 2 fully saturated rings. The fourth-order valence-electron chi connectivity index (χ4n) is 3.47. The summed E-state index contributed by atoms with van der Waals surface area (Å²) in [6, 6.07) is 0.586. The molecular formula is C13H26N2. The zero-order valence-corrected chi connectivity index (χ0v) is 10.2. The van der Waals surface area contributed by atoms with Gasteiger partial charge in [-0.05, 0) is 49.4 Å². The van der Waals surface area contributed by atoms with E-state index in [-0.39, 0.29) is 0 Å². The minimum atomic E-state index is 0.586. The van der Waals surface area contributed by atoms with Crippen molar-refractivity contribution in [1.29, 1.82) is 0 Å². The molecule has 0 aromatic carbocycles. The highest BCUT2D eigenvalue weighted by atomic mass is 15.2. The predicted octanol–water partition coefficient (Wildman–Crippen LogP) is 2.69. The zero-order chi connectivity index (χ0) is 10.8. The maximum atomic E-state index is 5.72. The van der Waals surface area contributed by atoms with Crippen molar-refractivity contribution >= 4 is 0 Å². The number of nitrogens with one attached hydrogen (secondary N) is 1. The maximum Gasteiger partial charge on any atom is 0.0241 e. The summed E-state index contributed by atoms with van der Waals surface area (Å²) in [6.07, 6.45) is 8.29. The quantitative estimate of drug-likeness (QED) is 0.522. The molecule has 3 atom stereocenters. The van der Waals surface area contributed by atoms with Crippen LogP contribution in [0.3, 0.4) is 0 Å². The Bertz CT molecular complexity index is 191. The van der Waals surface area contributed by atoms with Crippen molar-refractivity contribution in [3.05, 3.63) is 0 Å². The van der Waals surface area contributed by atoms with Gasteiger partial charge in [0.2, 0.25) is 0 Å². The summed E-state index contributed by atoms with van der Waals surface area (Å²) in [5.41, 5.74) is 3.08. The average molecular weight is 210 g/mol. The van der Waals surface area contributed by atoms with Gasteiger partial charge in [-0.15, -0.1) is 0 Å². The molecule has 2 heteroatoms. The van der Waals surface area contributed by atoms with Gasteiger partial charge in [-0.2, -0.15) is 0 Å². The van der Waals surface area contributed by atoms with E-state index in [1.54, 1.807) is 0 Å². The summed E-state index contributed by atoms with van der Waals surface area (Å²) in [5, 5.41) is 0. The summed E-state index contributed by atoms with van der Waals surface area (Å²) in [4.78, 5) is 0. The number of hydrazine groups is 1. The van der Waals surface area contributed by atoms with E-state index in [1.165, 1.54) is 38.5 Å². The number of hydrogen-bond acceptors (Lipinski definition) is 2. The van der Waals surface area contributed by atoms with Gasteiger partial charge in [0, 0.05) is 6.04 Å². The average Bonchev–Trinajstić information content (AvgIpc) is 2.88. The van der Waals surface area contributed by atoms with Crippen molar-refractivity contribution in [2.75, 3.05) is 0 Å². The van der Waals surface area contributed by atoms with E-state index in [2.05, 4.69) is 19.3 Å². The Morgan fingerprint density at radius 2 is 1.73 bits per heavy atom. The standard InChI is InChI=1S/C13H26N2/c1-3-9(4-2)5-13(15-14)12-7-10-6-11(10)8-12/h9-13,15H,3-8,14H2,1-2H3. The molecule has 0 saturated heterocycles. The van der Waals surface area contributed by atoms with Crippen LogP contribution in [0.5, 0.6) is 0 Å². The first-order chi connectivity index (χ1) is 7.28. The fraction of sp³-hybridized carbons (Fsp3) is 1.00. The molecule has 0 amide bonds. The number of nitrogens with two attached hydrogens (primary N) is 1. The van der Waals surface area contributed by atoms with E-state index in [0.29, 0.717) is 6.04 Å². The van der Waals surface area contributed by atoms with Crippen LogP contribution in [0.4, 0.5) is 0 Å². The lowest BCUT2D eigenvalue weighted by Crippen LogP contribution is -2.41. The van der Waals surface area contributed by atoms with Crippen molar-refractivity contribution in [2.45, 2.75) is 58.4 Å². The van der Waals surface area contributed by atoms with Gasteiger partial charge in [0.1, 0.15) is 0 Å². The largest absolute Gasteiger partial charge is 0.271 e. The van der Waals surface area contributed by atoms with Crippen molar-refractivity contribution < 1.29 is 0 Å². The second-order valence-corrected chi connectivity index (χ2v) is 5.68. The lowest BCUT2D eigenvalue weighted by molar-refractivity contribution is 0.273. The molecule has 0 radical (unpaired) electrons. The third-order valence-corrected chi connectivity index (χ3v) is 4.81. The van der Waals surface area contributed by atoms with Crippen LogP contribution in [0, 0.1) is 23.7 Å². The third-order valence-electron chi connectivity index (χ3n) is 4.81. The highest BCUT2D eigenvalue weighted by molar-refractivity contribution is 4.99. The summed E-state index contributed by atoms with van der Waals surface area (Å²) in [5.74, 6) is 9.61. The Balaban J connectivity index is 1.81. The Labute approximate surface area is 94.0 Å². The molecule has 0 bridgehead atoms. The molecule has 3 unspecified atom stereocenters. The molecule has 15 heavy (non-hydrogen) atoms. The van der Waals surface area contributed by atoms with Crippen LogP contribution in [0.2, 0.25) is 0 Å². The first-order valence-corrected chi connectivity index (χ1v) is 6.74. The molecular weight excluding hydrogens is 184 g/mol. The fourth-order valence-corrected chi connectivity index (χ4v) is 3.47. The molecule has 2 rings (SSSR count). The maximum absolute atomic E-state index is 5.72. The van der Waals surface area contributed by atoms with Gasteiger partial charge in [0.25, 0.3) is 0 Å². The van der Waals surface area contributed by atoms with Gasteiger partial charge in [-0.25, -0.2) is 0 Å². The first-order valence-electron chi connectivity index (χ1n) is 6.74. The van der Waals surface area contributed by atoms with E-state index in [0.717, 1.165) is 23.7 Å². The van der Waals surface area contributed by atoms with Crippen molar-refractivity contribution in [3.8, 4) is 0 Å². The Morgan fingerprint density at radius 1 is 1.13 bits per heavy atom.